The summed E-state index contributed by atoms with van der Waals surface area (Å²) in [4.78, 5) is 0. The van der Waals surface area contributed by atoms with Crippen LogP contribution in [0.15, 0.2) is 18.2 Å². The second kappa shape index (κ2) is 5.00. The van der Waals surface area contributed by atoms with E-state index < -0.39 is 10.8 Å². The zero-order valence-electron chi connectivity index (χ0n) is 9.95. The largest absolute Gasteiger partial charge is 0.382 e. The highest BCUT2D eigenvalue weighted by Gasteiger charge is 2.17. The molecule has 0 amide bonds. The van der Waals surface area contributed by atoms with Crippen LogP contribution >= 0.6 is 0 Å². The van der Waals surface area contributed by atoms with Crippen molar-refractivity contribution in [3.05, 3.63) is 29.3 Å². The fourth-order valence-electron chi connectivity index (χ4n) is 2.13. The minimum atomic E-state index is -0.568. The molecule has 1 saturated heterocycles. The van der Waals surface area contributed by atoms with Gasteiger partial charge in [-0.3, -0.25) is 4.21 Å². The Hall–Kier alpha value is -0.830. The van der Waals surface area contributed by atoms with Crippen LogP contribution in [0.2, 0.25) is 0 Å². The average Bonchev–Trinajstić information content (AvgIpc) is 2.25. The van der Waals surface area contributed by atoms with E-state index in [1.807, 2.05) is 0 Å². The van der Waals surface area contributed by atoms with Gasteiger partial charge in [0, 0.05) is 34.0 Å². The monoisotopic (exact) mass is 237 g/mol. The van der Waals surface area contributed by atoms with Gasteiger partial charge in [-0.15, -0.1) is 0 Å². The van der Waals surface area contributed by atoms with E-state index in [0.29, 0.717) is 6.04 Å². The molecule has 3 heteroatoms. The molecular formula is C13H19NOS. The summed E-state index contributed by atoms with van der Waals surface area (Å²) in [5.74, 6) is 1.70. The van der Waals surface area contributed by atoms with Crippen molar-refractivity contribution in [2.75, 3.05) is 16.8 Å². The molecule has 2 nitrogen and oxygen atoms in total. The first-order chi connectivity index (χ1) is 7.65. The minimum absolute atomic E-state index is 0.499. The summed E-state index contributed by atoms with van der Waals surface area (Å²) in [7, 11) is -0.568. The van der Waals surface area contributed by atoms with Crippen LogP contribution in [-0.2, 0) is 10.8 Å². The topological polar surface area (TPSA) is 29.1 Å². The van der Waals surface area contributed by atoms with Crippen molar-refractivity contribution in [3.63, 3.8) is 0 Å². The fourth-order valence-corrected chi connectivity index (χ4v) is 3.43. The molecule has 1 heterocycles. The van der Waals surface area contributed by atoms with E-state index in [0.717, 1.165) is 24.3 Å². The van der Waals surface area contributed by atoms with Crippen LogP contribution in [0.1, 0.15) is 24.0 Å². The second-order valence-corrected chi connectivity index (χ2v) is 6.28. The number of anilines is 1. The van der Waals surface area contributed by atoms with Gasteiger partial charge >= 0.3 is 0 Å². The molecule has 16 heavy (non-hydrogen) atoms. The molecule has 2 rings (SSSR count). The summed E-state index contributed by atoms with van der Waals surface area (Å²) in [6, 6.07) is 6.98. The van der Waals surface area contributed by atoms with Gasteiger partial charge in [-0.05, 0) is 38.3 Å². The Labute approximate surface area is 99.9 Å². The molecule has 0 aromatic heterocycles. The van der Waals surface area contributed by atoms with Crippen molar-refractivity contribution in [2.45, 2.75) is 32.7 Å². The molecule has 0 saturated carbocycles. The Bertz CT molecular complexity index is 393. The summed E-state index contributed by atoms with van der Waals surface area (Å²) in [5, 5.41) is 3.56. The van der Waals surface area contributed by atoms with Crippen LogP contribution in [0, 0.1) is 13.8 Å². The normalized spacial score (nSPS) is 25.4. The molecule has 1 N–H and O–H groups in total. The lowest BCUT2D eigenvalue weighted by Crippen LogP contribution is -2.29. The summed E-state index contributed by atoms with van der Waals surface area (Å²) in [5.41, 5.74) is 3.82. The highest BCUT2D eigenvalue weighted by Crippen LogP contribution is 2.20. The highest BCUT2D eigenvalue weighted by atomic mass is 32.2. The summed E-state index contributed by atoms with van der Waals surface area (Å²) < 4.78 is 11.3. The molecular weight excluding hydrogens is 218 g/mol. The zero-order valence-corrected chi connectivity index (χ0v) is 10.8. The predicted molar refractivity (Wildman–Crippen MR) is 70.4 cm³/mol. The Morgan fingerprint density at radius 1 is 1.25 bits per heavy atom. The van der Waals surface area contributed by atoms with Crippen LogP contribution in [0.3, 0.4) is 0 Å². The third kappa shape index (κ3) is 2.85. The van der Waals surface area contributed by atoms with Crippen molar-refractivity contribution >= 4 is 16.5 Å². The lowest BCUT2D eigenvalue weighted by atomic mass is 10.1. The van der Waals surface area contributed by atoms with Gasteiger partial charge < -0.3 is 5.32 Å². The molecule has 0 radical (unpaired) electrons. The first-order valence-electron chi connectivity index (χ1n) is 5.84. The summed E-state index contributed by atoms with van der Waals surface area (Å²) >= 11 is 0. The number of benzene rings is 1. The van der Waals surface area contributed by atoms with Crippen molar-refractivity contribution in [1.82, 2.24) is 0 Å². The second-order valence-electron chi connectivity index (χ2n) is 4.59. The fraction of sp³-hybridized carbons (Fsp3) is 0.538. The van der Waals surface area contributed by atoms with Crippen molar-refractivity contribution < 1.29 is 4.21 Å². The quantitative estimate of drug-likeness (QED) is 0.856. The maximum Gasteiger partial charge on any atom is 0.0372 e. The Kier molecular flexibility index (Phi) is 3.64. The van der Waals surface area contributed by atoms with Crippen molar-refractivity contribution in [1.29, 1.82) is 0 Å². The molecule has 0 unspecified atom stereocenters. The maximum absolute atomic E-state index is 11.3. The standard InChI is InChI=1S/C13H19NOS/c1-10-3-4-13(11(2)9-10)14-12-5-7-16(15)8-6-12/h3-4,9,12,14H,5-8H2,1-2H3. The van der Waals surface area contributed by atoms with Crippen LogP contribution in [0.25, 0.3) is 0 Å². The van der Waals surface area contributed by atoms with E-state index in [2.05, 4.69) is 37.4 Å². The van der Waals surface area contributed by atoms with E-state index in [1.54, 1.807) is 0 Å². The molecule has 1 aliphatic heterocycles. The third-order valence-corrected chi connectivity index (χ3v) is 4.51. The molecule has 0 bridgehead atoms. The highest BCUT2D eigenvalue weighted by molar-refractivity contribution is 7.85. The average molecular weight is 237 g/mol. The minimum Gasteiger partial charge on any atom is -0.382 e. The molecule has 1 aromatic rings. The first-order valence-corrected chi connectivity index (χ1v) is 7.33. The lowest BCUT2D eigenvalue weighted by Gasteiger charge is -2.24. The molecule has 0 spiro atoms. The van der Waals surface area contributed by atoms with E-state index >= 15 is 0 Å². The SMILES string of the molecule is Cc1ccc(NC2CCS(=O)CC2)c(C)c1. The van der Waals surface area contributed by atoms with Crippen LogP contribution < -0.4 is 5.32 Å². The van der Waals surface area contributed by atoms with Gasteiger partial charge in [0.25, 0.3) is 0 Å². The van der Waals surface area contributed by atoms with Crippen LogP contribution in [0.5, 0.6) is 0 Å². The van der Waals surface area contributed by atoms with Crippen LogP contribution in [0.4, 0.5) is 5.69 Å². The van der Waals surface area contributed by atoms with Gasteiger partial charge in [0.2, 0.25) is 0 Å². The summed E-state index contributed by atoms with van der Waals surface area (Å²) in [6.07, 6.45) is 2.06. The van der Waals surface area contributed by atoms with E-state index in [9.17, 15) is 4.21 Å². The first kappa shape index (κ1) is 11.6. The number of rotatable bonds is 2. The van der Waals surface area contributed by atoms with Gasteiger partial charge in [0.15, 0.2) is 0 Å². The predicted octanol–water partition coefficient (Wildman–Crippen LogP) is 2.63. The number of hydrogen-bond donors (Lipinski definition) is 1. The lowest BCUT2D eigenvalue weighted by molar-refractivity contribution is 0.624. The van der Waals surface area contributed by atoms with Gasteiger partial charge in [-0.25, -0.2) is 0 Å². The number of nitrogens with one attached hydrogen (secondary N) is 1. The smallest absolute Gasteiger partial charge is 0.0372 e. The summed E-state index contributed by atoms with van der Waals surface area (Å²) in [6.45, 7) is 4.25. The van der Waals surface area contributed by atoms with Crippen molar-refractivity contribution in [3.8, 4) is 0 Å². The van der Waals surface area contributed by atoms with Gasteiger partial charge in [0.05, 0.1) is 0 Å². The van der Waals surface area contributed by atoms with E-state index in [-0.39, 0.29) is 0 Å². The molecule has 0 aliphatic carbocycles. The molecule has 88 valence electrons. The Morgan fingerprint density at radius 3 is 2.56 bits per heavy atom. The Balaban J connectivity index is 2.01. The van der Waals surface area contributed by atoms with Gasteiger partial charge in [0.1, 0.15) is 0 Å². The number of hydrogen-bond acceptors (Lipinski definition) is 2. The van der Waals surface area contributed by atoms with Crippen LogP contribution in [-0.4, -0.2) is 21.8 Å². The third-order valence-electron chi connectivity index (χ3n) is 3.13. The van der Waals surface area contributed by atoms with Crippen molar-refractivity contribution in [2.24, 2.45) is 0 Å². The van der Waals surface area contributed by atoms with E-state index in [1.165, 1.54) is 16.8 Å². The number of aryl methyl sites for hydroxylation is 2. The van der Waals surface area contributed by atoms with Gasteiger partial charge in [-0.2, -0.15) is 0 Å². The maximum atomic E-state index is 11.3. The Morgan fingerprint density at radius 2 is 1.94 bits per heavy atom. The molecule has 1 aliphatic rings. The molecule has 1 fully saturated rings. The molecule has 1 aromatic carbocycles. The van der Waals surface area contributed by atoms with E-state index in [4.69, 9.17) is 0 Å². The molecule has 0 atom stereocenters. The zero-order chi connectivity index (χ0) is 11.5. The van der Waals surface area contributed by atoms with Gasteiger partial charge in [-0.1, -0.05) is 17.7 Å².